The maximum atomic E-state index is 12.3. The van der Waals surface area contributed by atoms with E-state index < -0.39 is 0 Å². The van der Waals surface area contributed by atoms with Crippen LogP contribution in [0.15, 0.2) is 65.6 Å². The van der Waals surface area contributed by atoms with Gasteiger partial charge >= 0.3 is 0 Å². The predicted molar refractivity (Wildman–Crippen MR) is 99.6 cm³/mol. The molecule has 0 fully saturated rings. The summed E-state index contributed by atoms with van der Waals surface area (Å²) in [6, 6.07) is 18.8. The van der Waals surface area contributed by atoms with E-state index in [1.54, 1.807) is 22.9 Å². The number of benzene rings is 2. The minimum atomic E-state index is -0.239. The van der Waals surface area contributed by atoms with E-state index in [9.17, 15) is 4.79 Å². The molecule has 2 aromatic carbocycles. The number of hydrogen-bond acceptors (Lipinski definition) is 4. The van der Waals surface area contributed by atoms with Crippen LogP contribution in [0.4, 0.5) is 0 Å². The molecule has 0 unspecified atom stereocenters. The molecular formula is C20H13N5O. The summed E-state index contributed by atoms with van der Waals surface area (Å²) in [4.78, 5) is 19.6. The number of hydrogen-bond donors (Lipinski definition) is 1. The Morgan fingerprint density at radius 1 is 1.04 bits per heavy atom. The Kier molecular flexibility index (Phi) is 3.88. The van der Waals surface area contributed by atoms with Crippen molar-refractivity contribution >= 4 is 23.2 Å². The van der Waals surface area contributed by atoms with Gasteiger partial charge < -0.3 is 4.98 Å². The first-order chi connectivity index (χ1) is 12.7. The van der Waals surface area contributed by atoms with Crippen LogP contribution in [0, 0.1) is 11.3 Å². The number of nitrogens with one attached hydrogen (secondary N) is 1. The van der Waals surface area contributed by atoms with Crippen molar-refractivity contribution in [2.75, 3.05) is 0 Å². The number of para-hydroxylation sites is 1. The summed E-state index contributed by atoms with van der Waals surface area (Å²) in [5.41, 5.74) is 2.60. The summed E-state index contributed by atoms with van der Waals surface area (Å²) in [5.74, 6) is 0.435. The van der Waals surface area contributed by atoms with Crippen LogP contribution in [-0.2, 0) is 0 Å². The zero-order valence-corrected chi connectivity index (χ0v) is 13.6. The smallest absolute Gasteiger partial charge is 0.262 e. The highest BCUT2D eigenvalue weighted by molar-refractivity contribution is 5.77. The molecule has 0 bridgehead atoms. The molecular weight excluding hydrogens is 326 g/mol. The highest BCUT2D eigenvalue weighted by Gasteiger charge is 2.10. The fraction of sp³-hybridized carbons (Fsp3) is 0. The van der Waals surface area contributed by atoms with Gasteiger partial charge in [-0.3, -0.25) is 4.79 Å². The minimum Gasteiger partial charge on any atom is -0.306 e. The van der Waals surface area contributed by atoms with Gasteiger partial charge in [-0.15, -0.1) is 0 Å². The second-order valence-corrected chi connectivity index (χ2v) is 5.65. The van der Waals surface area contributed by atoms with E-state index in [0.29, 0.717) is 22.4 Å². The average molecular weight is 339 g/mol. The molecule has 0 aliphatic carbocycles. The van der Waals surface area contributed by atoms with Gasteiger partial charge in [0.1, 0.15) is 11.2 Å². The van der Waals surface area contributed by atoms with E-state index in [2.05, 4.69) is 21.1 Å². The molecule has 0 amide bonds. The summed E-state index contributed by atoms with van der Waals surface area (Å²) >= 11 is 0. The van der Waals surface area contributed by atoms with E-state index in [-0.39, 0.29) is 5.56 Å². The SMILES string of the molecule is N#Cc1ccc(/C=C/c2nc3c(cnn3-c3ccccc3)c(=O)[nH]2)cc1. The van der Waals surface area contributed by atoms with Gasteiger partial charge in [0.2, 0.25) is 0 Å². The van der Waals surface area contributed by atoms with Crippen LogP contribution >= 0.6 is 0 Å². The van der Waals surface area contributed by atoms with Gasteiger partial charge in [-0.1, -0.05) is 36.4 Å². The topological polar surface area (TPSA) is 87.4 Å². The molecule has 1 N–H and O–H groups in total. The van der Waals surface area contributed by atoms with Crippen molar-refractivity contribution in [2.45, 2.75) is 0 Å². The Balaban J connectivity index is 1.75. The second-order valence-electron chi connectivity index (χ2n) is 5.65. The van der Waals surface area contributed by atoms with Gasteiger partial charge in [0, 0.05) is 0 Å². The van der Waals surface area contributed by atoms with Crippen molar-refractivity contribution < 1.29 is 0 Å². The summed E-state index contributed by atoms with van der Waals surface area (Å²) in [6.07, 6.45) is 5.07. The van der Waals surface area contributed by atoms with Crippen molar-refractivity contribution in [1.29, 1.82) is 5.26 Å². The zero-order valence-electron chi connectivity index (χ0n) is 13.6. The lowest BCUT2D eigenvalue weighted by molar-refractivity contribution is 0.893. The van der Waals surface area contributed by atoms with Gasteiger partial charge in [0.25, 0.3) is 5.56 Å². The number of H-pyrrole nitrogens is 1. The molecule has 6 heteroatoms. The van der Waals surface area contributed by atoms with E-state index in [4.69, 9.17) is 5.26 Å². The molecule has 26 heavy (non-hydrogen) atoms. The van der Waals surface area contributed by atoms with Gasteiger partial charge in [0.15, 0.2) is 5.65 Å². The molecule has 0 radical (unpaired) electrons. The van der Waals surface area contributed by atoms with Crippen LogP contribution in [0.3, 0.4) is 0 Å². The Morgan fingerprint density at radius 3 is 2.54 bits per heavy atom. The number of rotatable bonds is 3. The van der Waals surface area contributed by atoms with E-state index in [1.165, 1.54) is 6.20 Å². The molecule has 2 aromatic heterocycles. The van der Waals surface area contributed by atoms with E-state index in [0.717, 1.165) is 11.3 Å². The first-order valence-corrected chi connectivity index (χ1v) is 7.96. The van der Waals surface area contributed by atoms with Crippen molar-refractivity contribution in [3.8, 4) is 11.8 Å². The van der Waals surface area contributed by atoms with Gasteiger partial charge in [-0.05, 0) is 35.9 Å². The van der Waals surface area contributed by atoms with Crippen LogP contribution in [0.25, 0.3) is 28.9 Å². The molecule has 0 saturated heterocycles. The van der Waals surface area contributed by atoms with Crippen LogP contribution in [0.1, 0.15) is 17.0 Å². The van der Waals surface area contributed by atoms with Crippen LogP contribution in [0.5, 0.6) is 0 Å². The second kappa shape index (κ2) is 6.49. The quantitative estimate of drug-likeness (QED) is 0.621. The van der Waals surface area contributed by atoms with Crippen molar-refractivity contribution in [1.82, 2.24) is 19.7 Å². The molecule has 6 nitrogen and oxygen atoms in total. The Labute approximate surface area is 148 Å². The fourth-order valence-electron chi connectivity index (χ4n) is 2.62. The lowest BCUT2D eigenvalue weighted by Crippen LogP contribution is -2.10. The maximum absolute atomic E-state index is 12.3. The largest absolute Gasteiger partial charge is 0.306 e. The average Bonchev–Trinajstić information content (AvgIpc) is 3.12. The monoisotopic (exact) mass is 339 g/mol. The van der Waals surface area contributed by atoms with Crippen molar-refractivity contribution in [2.24, 2.45) is 0 Å². The third-order valence-corrected chi connectivity index (χ3v) is 3.93. The summed E-state index contributed by atoms with van der Waals surface area (Å²) in [6.45, 7) is 0. The van der Waals surface area contributed by atoms with E-state index >= 15 is 0 Å². The van der Waals surface area contributed by atoms with E-state index in [1.807, 2.05) is 48.5 Å². The summed E-state index contributed by atoms with van der Waals surface area (Å²) in [5, 5.41) is 13.6. The summed E-state index contributed by atoms with van der Waals surface area (Å²) in [7, 11) is 0. The van der Waals surface area contributed by atoms with Crippen molar-refractivity contribution in [3.05, 3.63) is 88.1 Å². The van der Waals surface area contributed by atoms with Gasteiger partial charge in [-0.25, -0.2) is 9.67 Å². The molecule has 0 aliphatic heterocycles. The number of nitrogens with zero attached hydrogens (tertiary/aromatic N) is 4. The third kappa shape index (κ3) is 2.89. The molecule has 0 spiro atoms. The Hall–Kier alpha value is -3.98. The molecule has 0 aliphatic rings. The van der Waals surface area contributed by atoms with Crippen LogP contribution in [-0.4, -0.2) is 19.7 Å². The predicted octanol–water partition coefficient (Wildman–Crippen LogP) is 3.15. The third-order valence-electron chi connectivity index (χ3n) is 3.93. The number of fused-ring (bicyclic) bond motifs is 1. The highest BCUT2D eigenvalue weighted by atomic mass is 16.1. The Morgan fingerprint density at radius 2 is 1.81 bits per heavy atom. The Bertz CT molecular complexity index is 1200. The number of nitriles is 1. The molecule has 4 rings (SSSR count). The molecule has 124 valence electrons. The normalized spacial score (nSPS) is 11.0. The van der Waals surface area contributed by atoms with Crippen molar-refractivity contribution in [3.63, 3.8) is 0 Å². The summed E-state index contributed by atoms with van der Waals surface area (Å²) < 4.78 is 1.64. The fourth-order valence-corrected chi connectivity index (χ4v) is 2.62. The van der Waals surface area contributed by atoms with Crippen LogP contribution in [0.2, 0.25) is 0 Å². The molecule has 4 aromatic rings. The first kappa shape index (κ1) is 15.5. The molecule has 2 heterocycles. The van der Waals surface area contributed by atoms with Gasteiger partial charge in [-0.2, -0.15) is 10.4 Å². The molecule has 0 atom stereocenters. The van der Waals surface area contributed by atoms with Gasteiger partial charge in [0.05, 0.1) is 23.5 Å². The minimum absolute atomic E-state index is 0.239. The highest BCUT2D eigenvalue weighted by Crippen LogP contribution is 2.14. The number of aromatic amines is 1. The van der Waals surface area contributed by atoms with Crippen LogP contribution < -0.4 is 5.56 Å². The lowest BCUT2D eigenvalue weighted by Gasteiger charge is -2.02. The lowest BCUT2D eigenvalue weighted by atomic mass is 10.1. The zero-order chi connectivity index (χ0) is 17.9. The number of aromatic nitrogens is 4. The first-order valence-electron chi connectivity index (χ1n) is 7.96. The standard InChI is InChI=1S/C20H13N5O/c21-12-15-8-6-14(7-9-15)10-11-18-23-19-17(20(26)24-18)13-22-25(19)16-4-2-1-3-5-16/h1-11,13H,(H,23,24,26)/b11-10+. The molecule has 0 saturated carbocycles. The maximum Gasteiger partial charge on any atom is 0.262 e.